The van der Waals surface area contributed by atoms with Crippen molar-refractivity contribution >= 4 is 0 Å². The Labute approximate surface area is 48.2 Å². The first kappa shape index (κ1) is 7.60. The highest BCUT2D eigenvalue weighted by Crippen LogP contribution is 1.98. The minimum atomic E-state index is -1.34. The normalized spacial score (nSPS) is 14.9. The Morgan fingerprint density at radius 3 is 2.62 bits per heavy atom. The van der Waals surface area contributed by atoms with Gasteiger partial charge in [0.1, 0.15) is 12.8 Å². The fraction of sp³-hybridized carbons (Fsp3) is 0.500. The molecule has 0 aromatic heterocycles. The molecule has 0 saturated carbocycles. The van der Waals surface area contributed by atoms with E-state index in [-0.39, 0.29) is 6.42 Å². The summed E-state index contributed by atoms with van der Waals surface area (Å²) in [4.78, 5) is 0. The van der Waals surface area contributed by atoms with Crippen molar-refractivity contribution in [2.75, 3.05) is 6.67 Å². The lowest BCUT2D eigenvalue weighted by Gasteiger charge is -1.94. The number of hydrogen-bond acceptors (Lipinski definition) is 0. The van der Waals surface area contributed by atoms with E-state index < -0.39 is 12.8 Å². The molecule has 0 aromatic carbocycles. The van der Waals surface area contributed by atoms with Crippen LogP contribution in [0.5, 0.6) is 0 Å². The molecule has 1 atom stereocenters. The zero-order chi connectivity index (χ0) is 6.41. The van der Waals surface area contributed by atoms with Crippen LogP contribution in [0.1, 0.15) is 6.42 Å². The Balaban J connectivity index is 3.10. The van der Waals surface area contributed by atoms with Gasteiger partial charge in [-0.2, -0.15) is 0 Å². The third-order valence-electron chi connectivity index (χ3n) is 0.726. The number of allylic oxidation sites excluding steroid dienone is 2. The highest BCUT2D eigenvalue weighted by molar-refractivity contribution is 4.85. The SMILES string of the molecule is [CH2]C=CCC(F)CF. The molecule has 0 fully saturated rings. The number of rotatable bonds is 3. The zero-order valence-corrected chi connectivity index (χ0v) is 4.61. The van der Waals surface area contributed by atoms with Crippen LogP contribution in [0.4, 0.5) is 8.78 Å². The van der Waals surface area contributed by atoms with Crippen molar-refractivity contribution in [2.24, 2.45) is 0 Å². The fourth-order valence-electron chi connectivity index (χ4n) is 0.307. The second-order valence-electron chi connectivity index (χ2n) is 1.46. The largest absolute Gasteiger partial charge is 0.248 e. The smallest absolute Gasteiger partial charge is 0.132 e. The third-order valence-corrected chi connectivity index (χ3v) is 0.726. The van der Waals surface area contributed by atoms with Gasteiger partial charge in [-0.05, 0) is 13.3 Å². The van der Waals surface area contributed by atoms with E-state index in [4.69, 9.17) is 0 Å². The molecule has 2 heteroatoms. The van der Waals surface area contributed by atoms with E-state index in [9.17, 15) is 8.78 Å². The van der Waals surface area contributed by atoms with Crippen molar-refractivity contribution in [3.05, 3.63) is 19.1 Å². The van der Waals surface area contributed by atoms with Crippen molar-refractivity contribution in [3.8, 4) is 0 Å². The standard InChI is InChI=1S/C6H9F2/c1-2-3-4-6(8)5-7/h2-3,6H,1,4-5H2. The molecule has 0 aliphatic carbocycles. The lowest BCUT2D eigenvalue weighted by atomic mass is 10.3. The van der Waals surface area contributed by atoms with E-state index >= 15 is 0 Å². The summed E-state index contributed by atoms with van der Waals surface area (Å²) in [5.74, 6) is 0. The van der Waals surface area contributed by atoms with Gasteiger partial charge in [-0.1, -0.05) is 12.2 Å². The van der Waals surface area contributed by atoms with Gasteiger partial charge in [0.2, 0.25) is 0 Å². The van der Waals surface area contributed by atoms with Gasteiger partial charge in [-0.15, -0.1) is 0 Å². The molecule has 0 aliphatic heterocycles. The molecule has 0 saturated heterocycles. The van der Waals surface area contributed by atoms with Gasteiger partial charge in [-0.3, -0.25) is 0 Å². The van der Waals surface area contributed by atoms with Gasteiger partial charge in [0.25, 0.3) is 0 Å². The van der Waals surface area contributed by atoms with Crippen LogP contribution in [0.3, 0.4) is 0 Å². The summed E-state index contributed by atoms with van der Waals surface area (Å²) in [6, 6.07) is 0. The molecule has 47 valence electrons. The first-order valence-electron chi connectivity index (χ1n) is 2.45. The molecule has 0 aromatic rings. The topological polar surface area (TPSA) is 0 Å². The first-order chi connectivity index (χ1) is 3.81. The summed E-state index contributed by atoms with van der Waals surface area (Å²) >= 11 is 0. The average Bonchev–Trinajstić information content (AvgIpc) is 1.83. The second kappa shape index (κ2) is 4.75. The average molecular weight is 119 g/mol. The molecular weight excluding hydrogens is 110 g/mol. The lowest BCUT2D eigenvalue weighted by molar-refractivity contribution is 0.263. The van der Waals surface area contributed by atoms with Crippen LogP contribution in [0.2, 0.25) is 0 Å². The van der Waals surface area contributed by atoms with Crippen LogP contribution < -0.4 is 0 Å². The summed E-state index contributed by atoms with van der Waals surface area (Å²) in [5, 5.41) is 0. The van der Waals surface area contributed by atoms with Crippen LogP contribution in [-0.4, -0.2) is 12.8 Å². The Hall–Kier alpha value is -0.400. The van der Waals surface area contributed by atoms with Crippen LogP contribution in [0, 0.1) is 6.92 Å². The Morgan fingerprint density at radius 2 is 2.25 bits per heavy atom. The van der Waals surface area contributed by atoms with Crippen molar-refractivity contribution in [1.29, 1.82) is 0 Å². The predicted molar refractivity (Wildman–Crippen MR) is 30.0 cm³/mol. The molecule has 0 nitrogen and oxygen atoms in total. The second-order valence-corrected chi connectivity index (χ2v) is 1.46. The minimum absolute atomic E-state index is 0.139. The number of halogens is 2. The van der Waals surface area contributed by atoms with Crippen LogP contribution in [0.25, 0.3) is 0 Å². The summed E-state index contributed by atoms with van der Waals surface area (Å²) in [6.45, 7) is 2.42. The molecular formula is C6H9F2. The van der Waals surface area contributed by atoms with Crippen molar-refractivity contribution in [1.82, 2.24) is 0 Å². The molecule has 0 rings (SSSR count). The molecule has 0 aliphatic rings. The maximum atomic E-state index is 11.9. The molecule has 0 bridgehead atoms. The fourth-order valence-corrected chi connectivity index (χ4v) is 0.307. The Morgan fingerprint density at radius 1 is 1.62 bits per heavy atom. The molecule has 0 spiro atoms. The Bertz CT molecular complexity index is 68.9. The van der Waals surface area contributed by atoms with Gasteiger partial charge in [0.15, 0.2) is 0 Å². The van der Waals surface area contributed by atoms with Crippen molar-refractivity contribution < 1.29 is 8.78 Å². The van der Waals surface area contributed by atoms with E-state index in [1.165, 1.54) is 12.2 Å². The highest BCUT2D eigenvalue weighted by Gasteiger charge is 1.99. The van der Waals surface area contributed by atoms with E-state index in [1.54, 1.807) is 0 Å². The van der Waals surface area contributed by atoms with E-state index in [0.717, 1.165) is 0 Å². The first-order valence-corrected chi connectivity index (χ1v) is 2.45. The van der Waals surface area contributed by atoms with Gasteiger partial charge < -0.3 is 0 Å². The van der Waals surface area contributed by atoms with Crippen molar-refractivity contribution in [3.63, 3.8) is 0 Å². The van der Waals surface area contributed by atoms with Gasteiger partial charge in [0, 0.05) is 0 Å². The summed E-state index contributed by atoms with van der Waals surface area (Å²) < 4.78 is 23.1. The quantitative estimate of drug-likeness (QED) is 0.533. The van der Waals surface area contributed by atoms with E-state index in [1.807, 2.05) is 0 Å². The van der Waals surface area contributed by atoms with Crippen LogP contribution in [-0.2, 0) is 0 Å². The monoisotopic (exact) mass is 119 g/mol. The molecule has 0 amide bonds. The lowest BCUT2D eigenvalue weighted by Crippen LogP contribution is -1.98. The molecule has 1 unspecified atom stereocenters. The maximum Gasteiger partial charge on any atom is 0.132 e. The summed E-state index contributed by atoms with van der Waals surface area (Å²) in [7, 11) is 0. The minimum Gasteiger partial charge on any atom is -0.248 e. The predicted octanol–water partition coefficient (Wildman–Crippen LogP) is 2.07. The maximum absolute atomic E-state index is 11.9. The molecule has 8 heavy (non-hydrogen) atoms. The number of alkyl halides is 2. The van der Waals surface area contributed by atoms with Crippen molar-refractivity contribution in [2.45, 2.75) is 12.6 Å². The molecule has 1 radical (unpaired) electrons. The van der Waals surface area contributed by atoms with Gasteiger partial charge >= 0.3 is 0 Å². The van der Waals surface area contributed by atoms with E-state index in [2.05, 4.69) is 6.92 Å². The highest BCUT2D eigenvalue weighted by atomic mass is 19.2. The number of hydrogen-bond donors (Lipinski definition) is 0. The van der Waals surface area contributed by atoms with Crippen LogP contribution >= 0.6 is 0 Å². The van der Waals surface area contributed by atoms with E-state index in [0.29, 0.717) is 0 Å². The summed E-state index contributed by atoms with van der Waals surface area (Å²) in [5.41, 5.74) is 0. The van der Waals surface area contributed by atoms with Gasteiger partial charge in [0.05, 0.1) is 0 Å². The summed E-state index contributed by atoms with van der Waals surface area (Å²) in [6.07, 6.45) is 1.76. The Kier molecular flexibility index (Phi) is 4.51. The zero-order valence-electron chi connectivity index (χ0n) is 4.61. The molecule has 0 heterocycles. The van der Waals surface area contributed by atoms with Crippen LogP contribution in [0.15, 0.2) is 12.2 Å². The van der Waals surface area contributed by atoms with Gasteiger partial charge in [-0.25, -0.2) is 8.78 Å². The third kappa shape index (κ3) is 3.78. The molecule has 0 N–H and O–H groups in total.